The lowest BCUT2D eigenvalue weighted by molar-refractivity contribution is 0.112. The van der Waals surface area contributed by atoms with Crippen molar-refractivity contribution in [3.63, 3.8) is 0 Å². The van der Waals surface area contributed by atoms with E-state index in [1.54, 1.807) is 0 Å². The first-order chi connectivity index (χ1) is 7.88. The molecule has 0 unspecified atom stereocenters. The molecule has 102 valence electrons. The highest BCUT2D eigenvalue weighted by molar-refractivity contribution is 5.85. The van der Waals surface area contributed by atoms with Crippen molar-refractivity contribution in [3.8, 4) is 0 Å². The van der Waals surface area contributed by atoms with E-state index in [-0.39, 0.29) is 12.4 Å². The van der Waals surface area contributed by atoms with E-state index in [4.69, 9.17) is 5.73 Å². The monoisotopic (exact) mass is 261 g/mol. The molecule has 2 fully saturated rings. The minimum absolute atomic E-state index is 0. The Morgan fingerprint density at radius 1 is 0.882 bits per heavy atom. The van der Waals surface area contributed by atoms with Crippen molar-refractivity contribution in [3.05, 3.63) is 0 Å². The maximum Gasteiger partial charge on any atom is 0.0110 e. The van der Waals surface area contributed by atoms with Crippen LogP contribution in [0.1, 0.15) is 32.1 Å². The first-order valence-corrected chi connectivity index (χ1v) is 7.03. The zero-order valence-corrected chi connectivity index (χ0v) is 11.8. The first-order valence-electron chi connectivity index (χ1n) is 7.03. The number of piperazine rings is 1. The number of halogens is 1. The van der Waals surface area contributed by atoms with Crippen LogP contribution >= 0.6 is 12.4 Å². The van der Waals surface area contributed by atoms with Crippen LogP contribution in [0.15, 0.2) is 0 Å². The van der Waals surface area contributed by atoms with Crippen molar-refractivity contribution in [2.75, 3.05) is 45.8 Å². The van der Waals surface area contributed by atoms with Crippen LogP contribution < -0.4 is 5.73 Å². The van der Waals surface area contributed by atoms with Gasteiger partial charge in [0.1, 0.15) is 0 Å². The minimum atomic E-state index is 0. The second kappa shape index (κ2) is 8.30. The third-order valence-electron chi connectivity index (χ3n) is 4.15. The number of nitrogens with two attached hydrogens (primary N) is 1. The van der Waals surface area contributed by atoms with Crippen molar-refractivity contribution < 1.29 is 0 Å². The Labute approximate surface area is 112 Å². The number of rotatable bonds is 4. The molecule has 1 saturated carbocycles. The van der Waals surface area contributed by atoms with E-state index in [0.29, 0.717) is 0 Å². The molecule has 4 heteroatoms. The molecular formula is C13H28ClN3. The van der Waals surface area contributed by atoms with Gasteiger partial charge in [-0.05, 0) is 18.8 Å². The zero-order chi connectivity index (χ0) is 11.2. The van der Waals surface area contributed by atoms with E-state index < -0.39 is 0 Å². The summed E-state index contributed by atoms with van der Waals surface area (Å²) in [4.78, 5) is 5.17. The number of hydrogen-bond donors (Lipinski definition) is 1. The predicted molar refractivity (Wildman–Crippen MR) is 75.8 cm³/mol. The van der Waals surface area contributed by atoms with E-state index >= 15 is 0 Å². The van der Waals surface area contributed by atoms with Crippen LogP contribution in [-0.4, -0.2) is 55.6 Å². The molecule has 3 nitrogen and oxygen atoms in total. The Balaban J connectivity index is 0.00000144. The summed E-state index contributed by atoms with van der Waals surface area (Å²) in [6.45, 7) is 8.22. The average molecular weight is 262 g/mol. The molecule has 0 aromatic rings. The molecule has 0 bridgehead atoms. The van der Waals surface area contributed by atoms with Crippen LogP contribution in [0.5, 0.6) is 0 Å². The Morgan fingerprint density at radius 2 is 1.47 bits per heavy atom. The van der Waals surface area contributed by atoms with E-state index in [9.17, 15) is 0 Å². The molecule has 2 aliphatic rings. The van der Waals surface area contributed by atoms with Crippen molar-refractivity contribution >= 4 is 12.4 Å². The summed E-state index contributed by atoms with van der Waals surface area (Å²) in [6.07, 6.45) is 7.36. The quantitative estimate of drug-likeness (QED) is 0.834. The predicted octanol–water partition coefficient (Wildman–Crippen LogP) is 1.56. The Kier molecular flexibility index (Phi) is 7.44. The maximum absolute atomic E-state index is 5.59. The lowest BCUT2D eigenvalue weighted by Gasteiger charge is -2.37. The van der Waals surface area contributed by atoms with Gasteiger partial charge in [-0.1, -0.05) is 19.3 Å². The SMILES string of the molecule is Cl.NCCN1CCN(CC2CCCCC2)CC1. The van der Waals surface area contributed by atoms with Crippen LogP contribution in [-0.2, 0) is 0 Å². The molecule has 1 aliphatic carbocycles. The standard InChI is InChI=1S/C13H27N3.ClH/c14-6-7-15-8-10-16(11-9-15)12-13-4-2-1-3-5-13;/h13H,1-12,14H2;1H. The average Bonchev–Trinajstić information content (AvgIpc) is 2.33. The Morgan fingerprint density at radius 3 is 2.06 bits per heavy atom. The molecule has 1 heterocycles. The fraction of sp³-hybridized carbons (Fsp3) is 1.00. The lowest BCUT2D eigenvalue weighted by Crippen LogP contribution is -2.48. The summed E-state index contributed by atoms with van der Waals surface area (Å²) in [5, 5.41) is 0. The fourth-order valence-corrected chi connectivity index (χ4v) is 3.11. The summed E-state index contributed by atoms with van der Waals surface area (Å²) in [5.41, 5.74) is 5.59. The number of hydrogen-bond acceptors (Lipinski definition) is 3. The normalized spacial score (nSPS) is 24.5. The van der Waals surface area contributed by atoms with Gasteiger partial charge in [0.25, 0.3) is 0 Å². The summed E-state index contributed by atoms with van der Waals surface area (Å²) in [6, 6.07) is 0. The third-order valence-corrected chi connectivity index (χ3v) is 4.15. The summed E-state index contributed by atoms with van der Waals surface area (Å²) < 4.78 is 0. The molecule has 0 aromatic heterocycles. The summed E-state index contributed by atoms with van der Waals surface area (Å²) >= 11 is 0. The van der Waals surface area contributed by atoms with Crippen molar-refractivity contribution in [2.45, 2.75) is 32.1 Å². The molecule has 0 radical (unpaired) electrons. The molecule has 0 amide bonds. The van der Waals surface area contributed by atoms with Gasteiger partial charge in [0, 0.05) is 45.8 Å². The van der Waals surface area contributed by atoms with Crippen molar-refractivity contribution in [1.29, 1.82) is 0 Å². The molecule has 0 spiro atoms. The Hall–Kier alpha value is 0.170. The molecule has 1 aliphatic heterocycles. The first kappa shape index (κ1) is 15.2. The van der Waals surface area contributed by atoms with Gasteiger partial charge in [-0.3, -0.25) is 4.90 Å². The molecule has 1 saturated heterocycles. The molecular weight excluding hydrogens is 234 g/mol. The molecule has 0 atom stereocenters. The molecule has 0 aromatic carbocycles. The van der Waals surface area contributed by atoms with Gasteiger partial charge in [0.05, 0.1) is 0 Å². The van der Waals surface area contributed by atoms with E-state index in [0.717, 1.165) is 19.0 Å². The van der Waals surface area contributed by atoms with Crippen molar-refractivity contribution in [2.24, 2.45) is 11.7 Å². The van der Waals surface area contributed by atoms with Gasteiger partial charge < -0.3 is 10.6 Å². The maximum atomic E-state index is 5.59. The molecule has 17 heavy (non-hydrogen) atoms. The third kappa shape index (κ3) is 5.12. The highest BCUT2D eigenvalue weighted by Crippen LogP contribution is 2.24. The second-order valence-electron chi connectivity index (χ2n) is 5.43. The lowest BCUT2D eigenvalue weighted by atomic mass is 9.89. The van der Waals surface area contributed by atoms with Gasteiger partial charge in [-0.2, -0.15) is 0 Å². The Bertz CT molecular complexity index is 187. The molecule has 2 N–H and O–H groups in total. The van der Waals surface area contributed by atoms with Crippen LogP contribution in [0.4, 0.5) is 0 Å². The van der Waals surface area contributed by atoms with E-state index in [2.05, 4.69) is 9.80 Å². The zero-order valence-electron chi connectivity index (χ0n) is 10.9. The highest BCUT2D eigenvalue weighted by Gasteiger charge is 2.20. The van der Waals surface area contributed by atoms with Gasteiger partial charge in [0.2, 0.25) is 0 Å². The summed E-state index contributed by atoms with van der Waals surface area (Å²) in [5.74, 6) is 0.995. The largest absolute Gasteiger partial charge is 0.329 e. The highest BCUT2D eigenvalue weighted by atomic mass is 35.5. The van der Waals surface area contributed by atoms with Crippen molar-refractivity contribution in [1.82, 2.24) is 9.80 Å². The minimum Gasteiger partial charge on any atom is -0.329 e. The van der Waals surface area contributed by atoms with Gasteiger partial charge in [-0.25, -0.2) is 0 Å². The topological polar surface area (TPSA) is 32.5 Å². The van der Waals surface area contributed by atoms with Gasteiger partial charge >= 0.3 is 0 Å². The second-order valence-corrected chi connectivity index (χ2v) is 5.43. The van der Waals surface area contributed by atoms with Gasteiger partial charge in [-0.15, -0.1) is 12.4 Å². The van der Waals surface area contributed by atoms with Crippen LogP contribution in [0.2, 0.25) is 0 Å². The van der Waals surface area contributed by atoms with Crippen LogP contribution in [0.25, 0.3) is 0 Å². The fourth-order valence-electron chi connectivity index (χ4n) is 3.11. The van der Waals surface area contributed by atoms with Crippen LogP contribution in [0, 0.1) is 5.92 Å². The van der Waals surface area contributed by atoms with E-state index in [1.165, 1.54) is 64.8 Å². The smallest absolute Gasteiger partial charge is 0.0110 e. The van der Waals surface area contributed by atoms with Gasteiger partial charge in [0.15, 0.2) is 0 Å². The summed E-state index contributed by atoms with van der Waals surface area (Å²) in [7, 11) is 0. The van der Waals surface area contributed by atoms with Crippen LogP contribution in [0.3, 0.4) is 0 Å². The number of nitrogens with zero attached hydrogens (tertiary/aromatic N) is 2. The molecule has 2 rings (SSSR count). The van der Waals surface area contributed by atoms with E-state index in [1.807, 2.05) is 0 Å².